The Balaban J connectivity index is 4.74. The summed E-state index contributed by atoms with van der Waals surface area (Å²) in [4.78, 5) is 48.8. The van der Waals surface area contributed by atoms with Crippen LogP contribution in [0.15, 0.2) is 97.2 Å². The SMILES string of the molecule is CC/C=C\C/C=C\C/C=C\C/C=C\CCCCCCCCC(=O)OC(COC(=O)CCCCCCCCC/C=C\CCCCCCCC)COP(=O)(O)OCC(CO)OC(=O)CCCCCCCCC/C=C\C/C=C\C/C=C\CC. The van der Waals surface area contributed by atoms with Crippen LogP contribution in [-0.2, 0) is 42.2 Å². The number of carbonyl (C=O) groups excluding carboxylic acids is 3. The van der Waals surface area contributed by atoms with Gasteiger partial charge in [0.1, 0.15) is 12.7 Å². The second kappa shape index (κ2) is 61.5. The number of ether oxygens (including phenoxy) is 3. The maximum atomic E-state index is 13.0. The highest BCUT2D eigenvalue weighted by molar-refractivity contribution is 7.47. The number of esters is 3. The molecular weight excluding hydrogens is 1020 g/mol. The van der Waals surface area contributed by atoms with Crippen molar-refractivity contribution in [3.05, 3.63) is 97.2 Å². The van der Waals surface area contributed by atoms with E-state index in [2.05, 4.69) is 118 Å². The van der Waals surface area contributed by atoms with Crippen LogP contribution < -0.4 is 0 Å². The van der Waals surface area contributed by atoms with Gasteiger partial charge in [-0.25, -0.2) is 4.57 Å². The molecule has 11 nitrogen and oxygen atoms in total. The lowest BCUT2D eigenvalue weighted by Gasteiger charge is -2.21. The van der Waals surface area contributed by atoms with E-state index in [0.717, 1.165) is 141 Å². The number of aliphatic hydroxyl groups excluding tert-OH is 1. The fourth-order valence-electron chi connectivity index (χ4n) is 8.65. The molecule has 0 aliphatic carbocycles. The molecule has 0 aliphatic rings. The molecule has 0 saturated heterocycles. The van der Waals surface area contributed by atoms with Gasteiger partial charge in [-0.1, -0.05) is 240 Å². The van der Waals surface area contributed by atoms with Gasteiger partial charge >= 0.3 is 25.7 Å². The van der Waals surface area contributed by atoms with Gasteiger partial charge in [0.2, 0.25) is 0 Å². The number of aliphatic hydroxyl groups is 1. The Hall–Kier alpha value is -3.60. The van der Waals surface area contributed by atoms with Gasteiger partial charge in [0, 0.05) is 19.3 Å². The van der Waals surface area contributed by atoms with Crippen LogP contribution in [0.2, 0.25) is 0 Å². The van der Waals surface area contributed by atoms with Crippen molar-refractivity contribution in [3.63, 3.8) is 0 Å². The Kier molecular flexibility index (Phi) is 58.7. The number of phosphoric acid groups is 1. The zero-order valence-electron chi connectivity index (χ0n) is 51.0. The molecule has 0 radical (unpaired) electrons. The van der Waals surface area contributed by atoms with Crippen LogP contribution in [0.25, 0.3) is 0 Å². The molecule has 0 fully saturated rings. The minimum Gasteiger partial charge on any atom is -0.462 e. The molecule has 0 aromatic carbocycles. The highest BCUT2D eigenvalue weighted by Gasteiger charge is 2.28. The first-order valence-corrected chi connectivity index (χ1v) is 33.6. The Morgan fingerprint density at radius 3 is 1.01 bits per heavy atom. The predicted octanol–water partition coefficient (Wildman–Crippen LogP) is 19.6. The highest BCUT2D eigenvalue weighted by atomic mass is 31.2. The third kappa shape index (κ3) is 59.0. The standard InChI is InChI=1S/C68H117O11P/c1-4-7-10-13-16-19-22-25-28-31-32-35-38-41-44-47-50-53-56-59-68(72)79-65(61-75-66(70)57-54-51-48-45-42-39-36-33-29-26-23-20-17-14-11-8-5-2)63-77-80(73,74)76-62-64(60-69)78-67(71)58-55-52-49-46-43-40-37-34-30-27-24-21-18-15-12-9-6-3/h7,9-10,12,16,18-19,21,25-30,32,35,64-65,69H,4-6,8,11,13-15,17,20,22-24,31,33-34,36-63H2,1-3H3,(H,73,74)/b10-7-,12-9-,19-16-,21-18-,28-25-,29-26-,30-27-,35-32-. The van der Waals surface area contributed by atoms with E-state index in [-0.39, 0.29) is 25.9 Å². The predicted molar refractivity (Wildman–Crippen MR) is 334 cm³/mol. The maximum absolute atomic E-state index is 13.0. The van der Waals surface area contributed by atoms with Crippen LogP contribution in [0.4, 0.5) is 0 Å². The van der Waals surface area contributed by atoms with Crippen LogP contribution >= 0.6 is 7.82 Å². The summed E-state index contributed by atoms with van der Waals surface area (Å²) in [5.41, 5.74) is 0. The fourth-order valence-corrected chi connectivity index (χ4v) is 9.44. The summed E-state index contributed by atoms with van der Waals surface area (Å²) in [5, 5.41) is 9.86. The number of carbonyl (C=O) groups is 3. The fraction of sp³-hybridized carbons (Fsp3) is 0.721. The Morgan fingerprint density at radius 2 is 0.650 bits per heavy atom. The summed E-state index contributed by atoms with van der Waals surface area (Å²) < 4.78 is 39.7. The molecule has 80 heavy (non-hydrogen) atoms. The number of allylic oxidation sites excluding steroid dienone is 16. The summed E-state index contributed by atoms with van der Waals surface area (Å²) in [5.74, 6) is -1.49. The molecule has 2 N–H and O–H groups in total. The van der Waals surface area contributed by atoms with E-state index >= 15 is 0 Å². The lowest BCUT2D eigenvalue weighted by Crippen LogP contribution is -2.30. The quantitative estimate of drug-likeness (QED) is 0.0197. The number of hydrogen-bond acceptors (Lipinski definition) is 10. The van der Waals surface area contributed by atoms with Gasteiger partial charge in [0.15, 0.2) is 6.10 Å². The molecular formula is C68H117O11P. The molecule has 0 aromatic heterocycles. The number of unbranched alkanes of at least 4 members (excludes halogenated alkanes) is 26. The van der Waals surface area contributed by atoms with E-state index in [1.807, 2.05) is 0 Å². The average molecular weight is 1140 g/mol. The summed E-state index contributed by atoms with van der Waals surface area (Å²) in [6.45, 7) is 4.42. The summed E-state index contributed by atoms with van der Waals surface area (Å²) >= 11 is 0. The first kappa shape index (κ1) is 76.4. The van der Waals surface area contributed by atoms with E-state index < -0.39 is 57.8 Å². The van der Waals surface area contributed by atoms with E-state index in [9.17, 15) is 28.9 Å². The molecule has 0 heterocycles. The van der Waals surface area contributed by atoms with Gasteiger partial charge < -0.3 is 24.2 Å². The summed E-state index contributed by atoms with van der Waals surface area (Å²) in [6, 6.07) is 0. The molecule has 0 aromatic rings. The molecule has 12 heteroatoms. The third-order valence-electron chi connectivity index (χ3n) is 13.5. The van der Waals surface area contributed by atoms with Crippen LogP contribution in [-0.4, -0.2) is 66.5 Å². The third-order valence-corrected chi connectivity index (χ3v) is 14.4. The molecule has 0 bridgehead atoms. The zero-order chi connectivity index (χ0) is 58.3. The zero-order valence-corrected chi connectivity index (χ0v) is 51.9. The van der Waals surface area contributed by atoms with Crippen molar-refractivity contribution < 1.29 is 52.2 Å². The van der Waals surface area contributed by atoms with Gasteiger partial charge in [-0.05, 0) is 116 Å². The maximum Gasteiger partial charge on any atom is 0.472 e. The van der Waals surface area contributed by atoms with Crippen molar-refractivity contribution >= 4 is 25.7 Å². The van der Waals surface area contributed by atoms with Gasteiger partial charge in [0.05, 0.1) is 19.8 Å². The molecule has 460 valence electrons. The van der Waals surface area contributed by atoms with Gasteiger partial charge in [-0.3, -0.25) is 23.4 Å². The second-order valence-electron chi connectivity index (χ2n) is 21.2. The lowest BCUT2D eigenvalue weighted by molar-refractivity contribution is -0.161. The van der Waals surface area contributed by atoms with E-state index in [1.165, 1.54) is 77.0 Å². The van der Waals surface area contributed by atoms with E-state index in [4.69, 9.17) is 23.3 Å². The van der Waals surface area contributed by atoms with E-state index in [1.54, 1.807) is 0 Å². The average Bonchev–Trinajstić information content (AvgIpc) is 3.45. The molecule has 0 aliphatic heterocycles. The lowest BCUT2D eigenvalue weighted by atomic mass is 10.1. The highest BCUT2D eigenvalue weighted by Crippen LogP contribution is 2.43. The molecule has 0 amide bonds. The van der Waals surface area contributed by atoms with E-state index in [0.29, 0.717) is 19.3 Å². The second-order valence-corrected chi connectivity index (χ2v) is 22.6. The first-order chi connectivity index (χ1) is 39.2. The van der Waals surface area contributed by atoms with Crippen molar-refractivity contribution in [2.24, 2.45) is 0 Å². The number of phosphoric ester groups is 1. The van der Waals surface area contributed by atoms with Crippen molar-refractivity contribution in [3.8, 4) is 0 Å². The van der Waals surface area contributed by atoms with Gasteiger partial charge in [0.25, 0.3) is 0 Å². The summed E-state index contributed by atoms with van der Waals surface area (Å²) in [6.07, 6.45) is 73.5. The molecule has 0 spiro atoms. The largest absolute Gasteiger partial charge is 0.472 e. The molecule has 0 saturated carbocycles. The topological polar surface area (TPSA) is 155 Å². The van der Waals surface area contributed by atoms with Crippen molar-refractivity contribution in [1.82, 2.24) is 0 Å². The summed E-state index contributed by atoms with van der Waals surface area (Å²) in [7, 11) is -4.77. The monoisotopic (exact) mass is 1140 g/mol. The minimum absolute atomic E-state index is 0.147. The van der Waals surface area contributed by atoms with Gasteiger partial charge in [-0.15, -0.1) is 0 Å². The number of rotatable bonds is 59. The Bertz CT molecular complexity index is 1710. The molecule has 0 rings (SSSR count). The van der Waals surface area contributed by atoms with Crippen LogP contribution in [0, 0.1) is 0 Å². The normalized spacial score (nSPS) is 13.9. The van der Waals surface area contributed by atoms with Crippen LogP contribution in [0.1, 0.15) is 278 Å². The Morgan fingerprint density at radius 1 is 0.362 bits per heavy atom. The smallest absolute Gasteiger partial charge is 0.462 e. The van der Waals surface area contributed by atoms with Gasteiger partial charge in [-0.2, -0.15) is 0 Å². The van der Waals surface area contributed by atoms with Crippen molar-refractivity contribution in [2.45, 2.75) is 290 Å². The van der Waals surface area contributed by atoms with Crippen LogP contribution in [0.5, 0.6) is 0 Å². The minimum atomic E-state index is -4.77. The van der Waals surface area contributed by atoms with Crippen LogP contribution in [0.3, 0.4) is 0 Å². The number of hydrogen-bond donors (Lipinski definition) is 2. The van der Waals surface area contributed by atoms with Crippen molar-refractivity contribution in [2.75, 3.05) is 26.4 Å². The molecule has 3 unspecified atom stereocenters. The first-order valence-electron chi connectivity index (χ1n) is 32.1. The molecule has 3 atom stereocenters. The Labute approximate surface area is 489 Å². The van der Waals surface area contributed by atoms with Crippen molar-refractivity contribution in [1.29, 1.82) is 0 Å².